The Labute approximate surface area is 180 Å². The quantitative estimate of drug-likeness (QED) is 0.503. The second-order valence-corrected chi connectivity index (χ2v) is 9.16. The molecule has 5 nitrogen and oxygen atoms in total. The summed E-state index contributed by atoms with van der Waals surface area (Å²) >= 11 is 3.51. The van der Waals surface area contributed by atoms with Gasteiger partial charge in [-0.3, -0.25) is 0 Å². The average molecular weight is 427 g/mol. The molecule has 7 heteroatoms. The number of aromatic nitrogens is 3. The maximum absolute atomic E-state index is 5.97. The molecule has 0 aliphatic carbocycles. The zero-order valence-electron chi connectivity index (χ0n) is 17.1. The van der Waals surface area contributed by atoms with Crippen LogP contribution >= 0.6 is 23.1 Å². The predicted octanol–water partition coefficient (Wildman–Crippen LogP) is 5.23. The molecular weight excluding hydrogens is 400 g/mol. The first-order chi connectivity index (χ1) is 14.1. The molecule has 1 aliphatic rings. The molecule has 3 heterocycles. The van der Waals surface area contributed by atoms with Crippen LogP contribution in [0.5, 0.6) is 5.75 Å². The van der Waals surface area contributed by atoms with E-state index in [4.69, 9.17) is 9.72 Å². The second-order valence-electron chi connectivity index (χ2n) is 7.42. The summed E-state index contributed by atoms with van der Waals surface area (Å²) < 4.78 is 5.97. The first kappa shape index (κ1) is 20.2. The Morgan fingerprint density at radius 3 is 2.62 bits per heavy atom. The summed E-state index contributed by atoms with van der Waals surface area (Å²) in [7, 11) is 0. The van der Waals surface area contributed by atoms with Crippen LogP contribution in [0, 0.1) is 13.8 Å². The minimum atomic E-state index is 0.513. The molecule has 1 fully saturated rings. The van der Waals surface area contributed by atoms with Gasteiger partial charge in [0, 0.05) is 41.7 Å². The zero-order chi connectivity index (χ0) is 20.2. The van der Waals surface area contributed by atoms with Crippen molar-refractivity contribution in [3.63, 3.8) is 0 Å². The van der Waals surface area contributed by atoms with Crippen LogP contribution in [-0.2, 0) is 6.61 Å². The van der Waals surface area contributed by atoms with Crippen molar-refractivity contribution < 1.29 is 4.74 Å². The smallest absolute Gasteiger partial charge is 0.225 e. The number of ether oxygens (including phenoxy) is 1. The number of piperidine rings is 1. The lowest BCUT2D eigenvalue weighted by Crippen LogP contribution is -2.34. The molecular formula is C22H26N4OS2. The van der Waals surface area contributed by atoms with Gasteiger partial charge in [-0.15, -0.1) is 23.1 Å². The standard InChI is InChI=1S/C22H26N4OS2/c1-15-11-23-22(24-12-15)26-8-6-17(7-9-26)21-25-18(14-29-21)13-27-19-4-5-20(28-3)16(2)10-19/h4-5,10-12,14,17H,6-9,13H2,1-3H3. The van der Waals surface area contributed by atoms with E-state index in [1.807, 2.05) is 25.4 Å². The van der Waals surface area contributed by atoms with E-state index < -0.39 is 0 Å². The SMILES string of the molecule is CSc1ccc(OCc2csc(C3CCN(c4ncc(C)cn4)CC3)n2)cc1C. The highest BCUT2D eigenvalue weighted by atomic mass is 32.2. The van der Waals surface area contributed by atoms with E-state index in [9.17, 15) is 0 Å². The molecule has 3 aromatic rings. The molecule has 0 saturated carbocycles. The first-order valence-corrected chi connectivity index (χ1v) is 12.0. The molecule has 0 atom stereocenters. The number of anilines is 1. The highest BCUT2D eigenvalue weighted by Crippen LogP contribution is 2.32. The van der Waals surface area contributed by atoms with Crippen LogP contribution < -0.4 is 9.64 Å². The van der Waals surface area contributed by atoms with Crippen LogP contribution in [-0.4, -0.2) is 34.3 Å². The molecule has 2 aromatic heterocycles. The molecule has 0 bridgehead atoms. The number of hydrogen-bond donors (Lipinski definition) is 0. The number of thiazole rings is 1. The fourth-order valence-electron chi connectivity index (χ4n) is 3.55. The van der Waals surface area contributed by atoms with Gasteiger partial charge in [-0.2, -0.15) is 0 Å². The molecule has 0 unspecified atom stereocenters. The molecule has 0 spiro atoms. The second kappa shape index (κ2) is 9.13. The van der Waals surface area contributed by atoms with Crippen molar-refractivity contribution >= 4 is 29.0 Å². The van der Waals surface area contributed by atoms with E-state index in [-0.39, 0.29) is 0 Å². The predicted molar refractivity (Wildman–Crippen MR) is 120 cm³/mol. The Hall–Kier alpha value is -2.12. The summed E-state index contributed by atoms with van der Waals surface area (Å²) in [4.78, 5) is 17.3. The van der Waals surface area contributed by atoms with Gasteiger partial charge in [0.05, 0.1) is 10.7 Å². The normalized spacial score (nSPS) is 14.9. The lowest BCUT2D eigenvalue weighted by Gasteiger charge is -2.31. The maximum Gasteiger partial charge on any atom is 0.225 e. The van der Waals surface area contributed by atoms with Crippen LogP contribution in [0.25, 0.3) is 0 Å². The minimum absolute atomic E-state index is 0.513. The largest absolute Gasteiger partial charge is 0.487 e. The topological polar surface area (TPSA) is 51.1 Å². The van der Waals surface area contributed by atoms with Crippen LogP contribution in [0.3, 0.4) is 0 Å². The number of benzene rings is 1. The van der Waals surface area contributed by atoms with Gasteiger partial charge in [0.15, 0.2) is 0 Å². The molecule has 1 aromatic carbocycles. The Bertz CT molecular complexity index is 950. The molecule has 4 rings (SSSR count). The van der Waals surface area contributed by atoms with Crippen LogP contribution in [0.4, 0.5) is 5.95 Å². The van der Waals surface area contributed by atoms with E-state index in [0.717, 1.165) is 48.9 Å². The minimum Gasteiger partial charge on any atom is -0.487 e. The van der Waals surface area contributed by atoms with Crippen LogP contribution in [0.2, 0.25) is 0 Å². The summed E-state index contributed by atoms with van der Waals surface area (Å²) in [5.41, 5.74) is 3.36. The van der Waals surface area contributed by atoms with Gasteiger partial charge >= 0.3 is 0 Å². The lowest BCUT2D eigenvalue weighted by molar-refractivity contribution is 0.301. The molecule has 29 heavy (non-hydrogen) atoms. The van der Waals surface area contributed by atoms with Gasteiger partial charge in [0.1, 0.15) is 12.4 Å². The Morgan fingerprint density at radius 1 is 1.17 bits per heavy atom. The summed E-state index contributed by atoms with van der Waals surface area (Å²) in [6.45, 7) is 6.60. The monoisotopic (exact) mass is 426 g/mol. The molecule has 0 radical (unpaired) electrons. The van der Waals surface area contributed by atoms with Crippen molar-refractivity contribution in [2.24, 2.45) is 0 Å². The Balaban J connectivity index is 1.31. The van der Waals surface area contributed by atoms with Crippen molar-refractivity contribution in [2.75, 3.05) is 24.2 Å². The van der Waals surface area contributed by atoms with E-state index in [1.54, 1.807) is 23.1 Å². The summed E-state index contributed by atoms with van der Waals surface area (Å²) in [5.74, 6) is 2.25. The third-order valence-electron chi connectivity index (χ3n) is 5.22. The number of aryl methyl sites for hydroxylation is 2. The number of hydrogen-bond acceptors (Lipinski definition) is 7. The van der Waals surface area contributed by atoms with Crippen molar-refractivity contribution in [1.29, 1.82) is 0 Å². The maximum atomic E-state index is 5.97. The molecule has 0 N–H and O–H groups in total. The fraction of sp³-hybridized carbons (Fsp3) is 0.409. The molecule has 1 aliphatic heterocycles. The molecule has 0 amide bonds. The van der Waals surface area contributed by atoms with Gasteiger partial charge in [-0.1, -0.05) is 0 Å². The number of rotatable bonds is 6. The van der Waals surface area contributed by atoms with Crippen LogP contribution in [0.1, 0.15) is 40.6 Å². The molecule has 152 valence electrons. The van der Waals surface area contributed by atoms with Crippen molar-refractivity contribution in [1.82, 2.24) is 15.0 Å². The van der Waals surface area contributed by atoms with E-state index in [2.05, 4.69) is 45.6 Å². The highest BCUT2D eigenvalue weighted by molar-refractivity contribution is 7.98. The summed E-state index contributed by atoms with van der Waals surface area (Å²) in [5, 5.41) is 3.36. The zero-order valence-corrected chi connectivity index (χ0v) is 18.7. The Kier molecular flexibility index (Phi) is 6.35. The third-order valence-corrected chi connectivity index (χ3v) is 7.17. The third kappa shape index (κ3) is 4.90. The lowest BCUT2D eigenvalue weighted by atomic mass is 9.98. The van der Waals surface area contributed by atoms with Gasteiger partial charge in [-0.05, 0) is 62.3 Å². The van der Waals surface area contributed by atoms with E-state index in [0.29, 0.717) is 12.5 Å². The van der Waals surface area contributed by atoms with Crippen molar-refractivity contribution in [3.8, 4) is 5.75 Å². The van der Waals surface area contributed by atoms with Gasteiger partial charge in [0.25, 0.3) is 0 Å². The number of thioether (sulfide) groups is 1. The van der Waals surface area contributed by atoms with Crippen molar-refractivity contribution in [2.45, 2.75) is 44.1 Å². The average Bonchev–Trinajstić information content (AvgIpc) is 3.22. The summed E-state index contributed by atoms with van der Waals surface area (Å²) in [6, 6.07) is 6.25. The van der Waals surface area contributed by atoms with E-state index >= 15 is 0 Å². The van der Waals surface area contributed by atoms with Gasteiger partial charge < -0.3 is 9.64 Å². The number of nitrogens with zero attached hydrogens (tertiary/aromatic N) is 4. The van der Waals surface area contributed by atoms with Crippen molar-refractivity contribution in [3.05, 3.63) is 57.8 Å². The van der Waals surface area contributed by atoms with E-state index in [1.165, 1.54) is 15.5 Å². The first-order valence-electron chi connectivity index (χ1n) is 9.87. The van der Waals surface area contributed by atoms with Crippen LogP contribution in [0.15, 0.2) is 40.9 Å². The fourth-order valence-corrected chi connectivity index (χ4v) is 5.11. The Morgan fingerprint density at radius 2 is 1.93 bits per heavy atom. The van der Waals surface area contributed by atoms with Gasteiger partial charge in [0.2, 0.25) is 5.95 Å². The van der Waals surface area contributed by atoms with Gasteiger partial charge in [-0.25, -0.2) is 15.0 Å². The molecule has 1 saturated heterocycles. The highest BCUT2D eigenvalue weighted by Gasteiger charge is 2.24. The summed E-state index contributed by atoms with van der Waals surface area (Å²) in [6.07, 6.45) is 8.04.